The van der Waals surface area contributed by atoms with Crippen LogP contribution in [0.2, 0.25) is 5.02 Å². The van der Waals surface area contributed by atoms with Crippen molar-refractivity contribution in [2.24, 2.45) is 0 Å². The van der Waals surface area contributed by atoms with Gasteiger partial charge in [-0.2, -0.15) is 0 Å². The van der Waals surface area contributed by atoms with Gasteiger partial charge >= 0.3 is 5.97 Å². The summed E-state index contributed by atoms with van der Waals surface area (Å²) in [5, 5.41) is 23.6. The van der Waals surface area contributed by atoms with E-state index in [0.29, 0.717) is 0 Å². The smallest absolute Gasteiger partial charge is 0.338 e. The van der Waals surface area contributed by atoms with Gasteiger partial charge in [0.15, 0.2) is 0 Å². The molecule has 0 aliphatic carbocycles. The fourth-order valence-electron chi connectivity index (χ4n) is 1.55. The molecule has 1 aromatic carbocycles. The lowest BCUT2D eigenvalue weighted by molar-refractivity contribution is -0.384. The average Bonchev–Trinajstić information content (AvgIpc) is 2.86. The van der Waals surface area contributed by atoms with Gasteiger partial charge in [0.1, 0.15) is 5.00 Å². The molecule has 0 radical (unpaired) electrons. The van der Waals surface area contributed by atoms with Crippen LogP contribution < -0.4 is 5.32 Å². The molecule has 0 bridgehead atoms. The predicted molar refractivity (Wildman–Crippen MR) is 77.3 cm³/mol. The molecule has 0 aliphatic heterocycles. The van der Waals surface area contributed by atoms with E-state index in [9.17, 15) is 19.7 Å². The Balaban J connectivity index is 2.27. The number of rotatable bonds is 4. The number of anilines is 1. The van der Waals surface area contributed by atoms with Crippen molar-refractivity contribution in [1.29, 1.82) is 0 Å². The van der Waals surface area contributed by atoms with Gasteiger partial charge in [-0.1, -0.05) is 11.6 Å². The first-order valence-electron chi connectivity index (χ1n) is 5.46. The number of hydrogen-bond donors (Lipinski definition) is 2. The van der Waals surface area contributed by atoms with Gasteiger partial charge in [0.25, 0.3) is 11.6 Å². The highest BCUT2D eigenvalue weighted by Gasteiger charge is 2.18. The quantitative estimate of drug-likeness (QED) is 0.662. The summed E-state index contributed by atoms with van der Waals surface area (Å²) in [6.07, 6.45) is 0. The van der Waals surface area contributed by atoms with Gasteiger partial charge in [-0.3, -0.25) is 14.9 Å². The molecule has 1 heterocycles. The minimum absolute atomic E-state index is 0.0204. The molecule has 0 fully saturated rings. The second kappa shape index (κ2) is 5.90. The fraction of sp³-hybridized carbons (Fsp3) is 0. The third-order valence-electron chi connectivity index (χ3n) is 2.53. The monoisotopic (exact) mass is 326 g/mol. The van der Waals surface area contributed by atoms with E-state index in [-0.39, 0.29) is 26.8 Å². The second-order valence-electron chi connectivity index (χ2n) is 3.84. The Labute approximate surface area is 126 Å². The molecule has 0 spiro atoms. The molecular weight excluding hydrogens is 320 g/mol. The number of carboxylic acids is 1. The van der Waals surface area contributed by atoms with Gasteiger partial charge in [-0.15, -0.1) is 11.3 Å². The molecule has 21 heavy (non-hydrogen) atoms. The van der Waals surface area contributed by atoms with Gasteiger partial charge in [0, 0.05) is 12.1 Å². The van der Waals surface area contributed by atoms with Gasteiger partial charge in [0.05, 0.1) is 21.1 Å². The van der Waals surface area contributed by atoms with E-state index in [1.807, 2.05) is 0 Å². The maximum Gasteiger partial charge on any atom is 0.338 e. The van der Waals surface area contributed by atoms with Crippen molar-refractivity contribution in [3.63, 3.8) is 0 Å². The molecule has 0 aliphatic rings. The van der Waals surface area contributed by atoms with Crippen molar-refractivity contribution in [2.75, 3.05) is 5.32 Å². The van der Waals surface area contributed by atoms with Crippen molar-refractivity contribution in [2.45, 2.75) is 0 Å². The molecule has 2 N–H and O–H groups in total. The summed E-state index contributed by atoms with van der Waals surface area (Å²) in [4.78, 5) is 32.9. The van der Waals surface area contributed by atoms with Crippen LogP contribution in [-0.4, -0.2) is 21.9 Å². The highest BCUT2D eigenvalue weighted by molar-refractivity contribution is 7.14. The highest BCUT2D eigenvalue weighted by Crippen LogP contribution is 2.26. The topological polar surface area (TPSA) is 110 Å². The van der Waals surface area contributed by atoms with Crippen molar-refractivity contribution < 1.29 is 19.6 Å². The third kappa shape index (κ3) is 3.18. The number of carboxylic acid groups (broad SMARTS) is 1. The van der Waals surface area contributed by atoms with Gasteiger partial charge in [0.2, 0.25) is 0 Å². The molecule has 108 valence electrons. The number of amides is 1. The summed E-state index contributed by atoms with van der Waals surface area (Å²) in [6, 6.07) is 4.78. The summed E-state index contributed by atoms with van der Waals surface area (Å²) in [7, 11) is 0. The molecule has 0 saturated heterocycles. The van der Waals surface area contributed by atoms with Crippen LogP contribution in [-0.2, 0) is 0 Å². The number of non-ortho nitro benzene ring substituents is 1. The number of carbonyl (C=O) groups excluding carboxylic acids is 1. The zero-order chi connectivity index (χ0) is 15.6. The van der Waals surface area contributed by atoms with E-state index in [1.165, 1.54) is 17.5 Å². The minimum atomic E-state index is -1.17. The second-order valence-corrected chi connectivity index (χ2v) is 5.17. The number of aromatic carboxylic acids is 1. The molecule has 0 atom stereocenters. The van der Waals surface area contributed by atoms with E-state index >= 15 is 0 Å². The van der Waals surface area contributed by atoms with Gasteiger partial charge < -0.3 is 10.4 Å². The van der Waals surface area contributed by atoms with Crippen molar-refractivity contribution >= 4 is 45.5 Å². The van der Waals surface area contributed by atoms with Gasteiger partial charge in [-0.25, -0.2) is 4.79 Å². The lowest BCUT2D eigenvalue weighted by atomic mass is 10.2. The number of nitro benzene ring substituents is 1. The van der Waals surface area contributed by atoms with Crippen molar-refractivity contribution in [1.82, 2.24) is 0 Å². The summed E-state index contributed by atoms with van der Waals surface area (Å²) >= 11 is 6.88. The molecular formula is C12H7ClN2O5S. The zero-order valence-corrected chi connectivity index (χ0v) is 11.8. The number of carbonyl (C=O) groups is 2. The Hall–Kier alpha value is -2.45. The molecule has 1 aromatic heterocycles. The van der Waals surface area contributed by atoms with Crippen LogP contribution in [0.15, 0.2) is 29.6 Å². The first-order valence-corrected chi connectivity index (χ1v) is 6.72. The van der Waals surface area contributed by atoms with Crippen molar-refractivity contribution in [3.8, 4) is 0 Å². The normalized spacial score (nSPS) is 10.1. The van der Waals surface area contributed by atoms with Crippen LogP contribution >= 0.6 is 22.9 Å². The van der Waals surface area contributed by atoms with Crippen molar-refractivity contribution in [3.05, 3.63) is 55.9 Å². The zero-order valence-electron chi connectivity index (χ0n) is 10.2. The molecule has 7 nitrogen and oxygen atoms in total. The van der Waals surface area contributed by atoms with Crippen LogP contribution in [0.5, 0.6) is 0 Å². The molecule has 1 amide bonds. The number of nitrogens with zero attached hydrogens (tertiary/aromatic N) is 1. The predicted octanol–water partition coefficient (Wildman–Crippen LogP) is 3.26. The maximum atomic E-state index is 12.0. The average molecular weight is 327 g/mol. The van der Waals surface area contributed by atoms with Crippen LogP contribution in [0.4, 0.5) is 10.7 Å². The molecule has 0 saturated carbocycles. The third-order valence-corrected chi connectivity index (χ3v) is 3.67. The molecule has 0 unspecified atom stereocenters. The Bertz CT molecular complexity index is 743. The summed E-state index contributed by atoms with van der Waals surface area (Å²) < 4.78 is 0. The lowest BCUT2D eigenvalue weighted by Crippen LogP contribution is -2.13. The Kier molecular flexibility index (Phi) is 4.20. The Morgan fingerprint density at radius 1 is 1.29 bits per heavy atom. The van der Waals surface area contributed by atoms with E-state index in [0.717, 1.165) is 23.5 Å². The molecule has 2 rings (SSSR count). The number of nitro groups is 1. The Morgan fingerprint density at radius 3 is 2.57 bits per heavy atom. The van der Waals surface area contributed by atoms with E-state index in [4.69, 9.17) is 16.7 Å². The largest absolute Gasteiger partial charge is 0.478 e. The summed E-state index contributed by atoms with van der Waals surface area (Å²) in [6.45, 7) is 0. The first kappa shape index (κ1) is 14.9. The fourth-order valence-corrected chi connectivity index (χ4v) is 2.58. The van der Waals surface area contributed by atoms with Gasteiger partial charge in [-0.05, 0) is 17.5 Å². The number of benzene rings is 1. The molecule has 2 aromatic rings. The SMILES string of the molecule is O=C(Nc1sccc1C(=O)O)c1ccc([N+](=O)[O-])cc1Cl. The number of hydrogen-bond acceptors (Lipinski definition) is 5. The van der Waals surface area contributed by atoms with Crippen LogP contribution in [0.3, 0.4) is 0 Å². The summed E-state index contributed by atoms with van der Waals surface area (Å²) in [5.74, 6) is -1.80. The highest BCUT2D eigenvalue weighted by atomic mass is 35.5. The van der Waals surface area contributed by atoms with Crippen LogP contribution in [0.25, 0.3) is 0 Å². The number of thiophene rings is 1. The van der Waals surface area contributed by atoms with Crippen LogP contribution in [0, 0.1) is 10.1 Å². The minimum Gasteiger partial charge on any atom is -0.478 e. The summed E-state index contributed by atoms with van der Waals surface area (Å²) in [5.41, 5.74) is -0.253. The molecule has 9 heteroatoms. The van der Waals surface area contributed by atoms with E-state index in [2.05, 4.69) is 5.32 Å². The Morgan fingerprint density at radius 2 is 2.00 bits per heavy atom. The van der Waals surface area contributed by atoms with Crippen LogP contribution in [0.1, 0.15) is 20.7 Å². The van der Waals surface area contributed by atoms with E-state index in [1.54, 1.807) is 0 Å². The number of nitrogens with one attached hydrogen (secondary N) is 1. The number of halogens is 1. The first-order chi connectivity index (χ1) is 9.90. The standard InChI is InChI=1S/C12H7ClN2O5S/c13-9-5-6(15(19)20)1-2-7(9)10(16)14-11-8(12(17)18)3-4-21-11/h1-5H,(H,14,16)(H,17,18). The maximum absolute atomic E-state index is 12.0. The van der Waals surface area contributed by atoms with E-state index < -0.39 is 16.8 Å². The lowest BCUT2D eigenvalue weighted by Gasteiger charge is -2.06.